The van der Waals surface area contributed by atoms with Gasteiger partial charge in [0.2, 0.25) is 11.5 Å². The first-order valence-corrected chi connectivity index (χ1v) is 28.3. The minimum Gasteiger partial charge on any atom is -0.486 e. The van der Waals surface area contributed by atoms with Crippen LogP contribution in [-0.4, -0.2) is 128 Å². The second-order valence-electron chi connectivity index (χ2n) is 17.4. The number of unbranched alkanes of at least 4 members (excludes halogenated alkanes) is 4. The van der Waals surface area contributed by atoms with Gasteiger partial charge in [0.1, 0.15) is 11.4 Å². The molecule has 2 aliphatic heterocycles. The van der Waals surface area contributed by atoms with Gasteiger partial charge in [-0.3, -0.25) is 9.59 Å². The molecule has 0 bridgehead atoms. The van der Waals surface area contributed by atoms with E-state index in [4.69, 9.17) is 32.7 Å². The Bertz CT molecular complexity index is 3050. The summed E-state index contributed by atoms with van der Waals surface area (Å²) >= 11 is 12.3. The summed E-state index contributed by atoms with van der Waals surface area (Å²) in [5.74, 6) is 0.377. The van der Waals surface area contributed by atoms with Crippen LogP contribution in [0, 0.1) is 0 Å². The minimum atomic E-state index is -3.74. The predicted octanol–water partition coefficient (Wildman–Crippen LogP) is 7.44. The van der Waals surface area contributed by atoms with Gasteiger partial charge in [-0.1, -0.05) is 90.0 Å². The van der Waals surface area contributed by atoms with Gasteiger partial charge in [-0.25, -0.2) is 0 Å². The summed E-state index contributed by atoms with van der Waals surface area (Å²) in [5, 5.41) is 9.74. The maximum atomic E-state index is 13.6. The number of halogens is 2. The third-order valence-electron chi connectivity index (χ3n) is 12.1. The quantitative estimate of drug-likeness (QED) is 0.0427. The molecule has 2 fully saturated rings. The van der Waals surface area contributed by atoms with Crippen LogP contribution in [0.25, 0.3) is 11.4 Å². The molecule has 2 aliphatic rings. The van der Waals surface area contributed by atoms with Crippen molar-refractivity contribution in [2.24, 2.45) is 0 Å². The highest BCUT2D eigenvalue weighted by atomic mass is 35.5. The molecule has 5 aromatic rings. The molecule has 0 aliphatic carbocycles. The van der Waals surface area contributed by atoms with Crippen LogP contribution in [0.1, 0.15) is 44.1 Å². The molecule has 7 rings (SSSR count). The van der Waals surface area contributed by atoms with E-state index >= 15 is 0 Å². The maximum Gasteiger partial charge on any atom is 0.316 e. The fourth-order valence-electron chi connectivity index (χ4n) is 8.21. The number of piperazine rings is 2. The zero-order valence-electron chi connectivity index (χ0n) is 42.1. The molecule has 22 heteroatoms. The van der Waals surface area contributed by atoms with Crippen LogP contribution in [0.5, 0.6) is 11.5 Å². The number of anilines is 2. The van der Waals surface area contributed by atoms with Crippen LogP contribution in [-0.2, 0) is 27.0 Å². The molecule has 4 heterocycles. The first-order chi connectivity index (χ1) is 36.2. The Balaban J connectivity index is 0.000000248. The lowest BCUT2D eigenvalue weighted by atomic mass is 10.2. The lowest BCUT2D eigenvalue weighted by Crippen LogP contribution is -2.53. The molecule has 402 valence electrons. The van der Waals surface area contributed by atoms with Crippen molar-refractivity contribution in [1.82, 2.24) is 37.2 Å². The van der Waals surface area contributed by atoms with Gasteiger partial charge < -0.3 is 19.3 Å². The maximum absolute atomic E-state index is 13.6. The fraction of sp³-hybridized carbons (Fsp3) is 0.358. The lowest BCUT2D eigenvalue weighted by molar-refractivity contribution is 0.298. The van der Waals surface area contributed by atoms with Crippen LogP contribution in [0.15, 0.2) is 151 Å². The third-order valence-corrected chi connectivity index (χ3v) is 16.1. The molecule has 1 N–H and O–H groups in total. The number of benzene rings is 3. The SMILES string of the molecule is C=CCCCCOc1c(N2CCN(S(=O)(=O)N(CC=C)Cc3ccccc3)CC2)cnn(-c2cccc(Cl)c2)c1=O.C=CCCCCOc1c(N2CCN(S(=O)(=O)NCC=C)CC2)cnn(-c2cccc(Cl)c2)c1=O. The molecule has 75 heavy (non-hydrogen) atoms. The third kappa shape index (κ3) is 16.0. The molecule has 0 spiro atoms. The van der Waals surface area contributed by atoms with Crippen LogP contribution in [0.4, 0.5) is 11.4 Å². The van der Waals surface area contributed by atoms with Crippen LogP contribution >= 0.6 is 23.2 Å². The van der Waals surface area contributed by atoms with Gasteiger partial charge >= 0.3 is 11.1 Å². The lowest BCUT2D eigenvalue weighted by Gasteiger charge is -2.37. The highest BCUT2D eigenvalue weighted by Gasteiger charge is 2.34. The summed E-state index contributed by atoms with van der Waals surface area (Å²) in [6.45, 7) is 18.7. The normalized spacial score (nSPS) is 14.4. The second kappa shape index (κ2) is 28.7. The number of nitrogens with one attached hydrogen (secondary N) is 1. The predicted molar refractivity (Wildman–Crippen MR) is 299 cm³/mol. The van der Waals surface area contributed by atoms with E-state index in [1.807, 2.05) is 52.3 Å². The van der Waals surface area contributed by atoms with Crippen LogP contribution in [0.2, 0.25) is 10.0 Å². The Morgan fingerprint density at radius 1 is 0.600 bits per heavy atom. The summed E-state index contributed by atoms with van der Waals surface area (Å²) in [7, 11) is -7.33. The molecule has 0 saturated carbocycles. The first kappa shape index (κ1) is 58.2. The monoisotopic (exact) mass is 1100 g/mol. The van der Waals surface area contributed by atoms with E-state index in [9.17, 15) is 26.4 Å². The van der Waals surface area contributed by atoms with Crippen molar-refractivity contribution < 1.29 is 26.3 Å². The molecule has 0 unspecified atom stereocenters. The summed E-state index contributed by atoms with van der Waals surface area (Å²) in [4.78, 5) is 30.8. The van der Waals surface area contributed by atoms with Crippen molar-refractivity contribution in [3.05, 3.63) is 178 Å². The molecule has 18 nitrogen and oxygen atoms in total. The first-order valence-electron chi connectivity index (χ1n) is 24.7. The van der Waals surface area contributed by atoms with E-state index in [-0.39, 0.29) is 57.3 Å². The molecular formula is C53H66Cl2N10O8S2. The van der Waals surface area contributed by atoms with Crippen molar-refractivity contribution in [3.8, 4) is 22.9 Å². The van der Waals surface area contributed by atoms with Gasteiger partial charge in [-0.2, -0.15) is 54.0 Å². The molecule has 3 aromatic carbocycles. The smallest absolute Gasteiger partial charge is 0.316 e. The Kier molecular flexibility index (Phi) is 22.3. The van der Waals surface area contributed by atoms with Crippen LogP contribution < -0.4 is 35.1 Å². The van der Waals surface area contributed by atoms with Crippen molar-refractivity contribution in [1.29, 1.82) is 0 Å². The van der Waals surface area contributed by atoms with Crippen molar-refractivity contribution in [3.63, 3.8) is 0 Å². The number of nitrogens with zero attached hydrogens (tertiary/aromatic N) is 9. The Morgan fingerprint density at radius 2 is 1.08 bits per heavy atom. The van der Waals surface area contributed by atoms with Gasteiger partial charge in [-0.05, 0) is 80.5 Å². The largest absolute Gasteiger partial charge is 0.486 e. The number of rotatable bonds is 26. The number of aromatic nitrogens is 4. The van der Waals surface area contributed by atoms with Gasteiger partial charge in [0.15, 0.2) is 0 Å². The molecule has 2 aromatic heterocycles. The second-order valence-corrected chi connectivity index (χ2v) is 21.9. The van der Waals surface area contributed by atoms with Crippen molar-refractivity contribution in [2.75, 3.05) is 88.5 Å². The van der Waals surface area contributed by atoms with E-state index in [0.29, 0.717) is 72.2 Å². The Morgan fingerprint density at radius 3 is 1.52 bits per heavy atom. The highest BCUT2D eigenvalue weighted by Crippen LogP contribution is 2.29. The highest BCUT2D eigenvalue weighted by molar-refractivity contribution is 7.87. The van der Waals surface area contributed by atoms with Gasteiger partial charge in [0, 0.05) is 82.0 Å². The molecular weight excluding hydrogens is 1040 g/mol. The van der Waals surface area contributed by atoms with Crippen molar-refractivity contribution in [2.45, 2.75) is 45.1 Å². The Labute approximate surface area is 450 Å². The van der Waals surface area contributed by atoms with Gasteiger partial charge in [-0.15, -0.1) is 26.3 Å². The average Bonchev–Trinajstić information content (AvgIpc) is 3.41. The molecule has 0 atom stereocenters. The molecule has 0 amide bonds. The summed E-state index contributed by atoms with van der Waals surface area (Å²) in [5.41, 5.74) is 2.25. The Hall–Kier alpha value is -6.10. The number of hydrogen-bond donors (Lipinski definition) is 1. The van der Waals surface area contributed by atoms with E-state index in [2.05, 4.69) is 41.2 Å². The summed E-state index contributed by atoms with van der Waals surface area (Å²) in [6.07, 6.45) is 15.0. The average molecular weight is 1110 g/mol. The van der Waals surface area contributed by atoms with Crippen molar-refractivity contribution >= 4 is 55.0 Å². The van der Waals surface area contributed by atoms with Gasteiger partial charge in [0.05, 0.1) is 37.0 Å². The van der Waals surface area contributed by atoms with E-state index in [1.54, 1.807) is 67.0 Å². The fourth-order valence-corrected chi connectivity index (χ4v) is 11.3. The number of ether oxygens (including phenoxy) is 2. The zero-order valence-corrected chi connectivity index (χ0v) is 45.2. The summed E-state index contributed by atoms with van der Waals surface area (Å²) in [6, 6.07) is 23.2. The zero-order chi connectivity index (χ0) is 53.8. The minimum absolute atomic E-state index is 0.165. The van der Waals surface area contributed by atoms with E-state index < -0.39 is 31.5 Å². The van der Waals surface area contributed by atoms with E-state index in [1.165, 1.54) is 28.4 Å². The standard InChI is InChI=1S/C30H36ClN5O4S.C23H30ClN5O4S/c1-3-5-6-10-21-40-29-28(23-32-36(30(29)37)27-15-11-14-26(31)22-27)33-17-19-34(20-18-33)41(38,39)35(16-4-2)24-25-12-8-7-9-13-25;1-3-5-6-7-16-33-22-21(18-25-29(23(22)30)20-10-8-9-19(24)17-20)27-12-14-28(15-13-27)34(31,32)26-11-4-2/h3-4,7-9,11-15,22-23H,1-2,5-6,10,16-21,24H2;3-4,8-10,17-18,26H,1-2,5-7,11-16H2. The van der Waals surface area contributed by atoms with Gasteiger partial charge in [0.25, 0.3) is 20.4 Å². The number of allylic oxidation sites excluding steroid dienone is 2. The molecule has 2 saturated heterocycles. The number of hydrogen-bond acceptors (Lipinski definition) is 12. The van der Waals surface area contributed by atoms with Crippen LogP contribution in [0.3, 0.4) is 0 Å². The van der Waals surface area contributed by atoms with E-state index in [0.717, 1.165) is 44.1 Å². The summed E-state index contributed by atoms with van der Waals surface area (Å²) < 4.78 is 73.3. The topological polar surface area (TPSA) is 185 Å². The molecule has 0 radical (unpaired) electrons.